The van der Waals surface area contributed by atoms with E-state index in [-0.39, 0.29) is 16.2 Å². The monoisotopic (exact) mass is 626 g/mol. The highest BCUT2D eigenvalue weighted by Crippen LogP contribution is 2.45. The van der Waals surface area contributed by atoms with Gasteiger partial charge in [-0.3, -0.25) is 9.36 Å². The van der Waals surface area contributed by atoms with E-state index in [1.54, 1.807) is 31.3 Å². The summed E-state index contributed by atoms with van der Waals surface area (Å²) in [6, 6.07) is 11.6. The van der Waals surface area contributed by atoms with Crippen molar-refractivity contribution in [2.24, 2.45) is 14.1 Å². The van der Waals surface area contributed by atoms with Gasteiger partial charge in [-0.1, -0.05) is 30.3 Å². The van der Waals surface area contributed by atoms with Crippen molar-refractivity contribution in [3.05, 3.63) is 72.2 Å². The van der Waals surface area contributed by atoms with Gasteiger partial charge in [0.25, 0.3) is 10.0 Å². The van der Waals surface area contributed by atoms with Gasteiger partial charge in [-0.25, -0.2) is 18.1 Å². The van der Waals surface area contributed by atoms with E-state index in [0.29, 0.717) is 16.8 Å². The van der Waals surface area contributed by atoms with Crippen molar-refractivity contribution in [2.45, 2.75) is 29.8 Å². The Kier molecular flexibility index (Phi) is 7.53. The number of nitrogens with one attached hydrogen (secondary N) is 1. The maximum atomic E-state index is 14.9. The zero-order chi connectivity index (χ0) is 31.2. The molecule has 230 valence electrons. The summed E-state index contributed by atoms with van der Waals surface area (Å²) in [5.74, 6) is -1.01. The fourth-order valence-electron chi connectivity index (χ4n) is 5.41. The number of aromatic nitrogens is 6. The first kappa shape index (κ1) is 29.6. The lowest BCUT2D eigenvalue weighted by Gasteiger charge is -2.29. The molecule has 0 aliphatic carbocycles. The van der Waals surface area contributed by atoms with Crippen molar-refractivity contribution in [2.75, 3.05) is 24.9 Å². The van der Waals surface area contributed by atoms with Crippen LogP contribution in [-0.2, 0) is 30.3 Å². The third-order valence-corrected chi connectivity index (χ3v) is 8.96. The second-order valence-corrected chi connectivity index (χ2v) is 12.5. The summed E-state index contributed by atoms with van der Waals surface area (Å²) < 4.78 is 81.5. The SMILES string of the molecule is CN1CCC(c2ccc(Oc3nc(NS(=O)(=O)c4cnn(C)c4)nc(-c4cccc5cnn(C)c45)c3C(F)(F)F)cc2)CC1. The van der Waals surface area contributed by atoms with E-state index in [0.717, 1.165) is 37.7 Å². The van der Waals surface area contributed by atoms with Crippen molar-refractivity contribution in [3.8, 4) is 22.9 Å². The van der Waals surface area contributed by atoms with Crippen LogP contribution in [0.1, 0.15) is 29.9 Å². The van der Waals surface area contributed by atoms with E-state index in [1.165, 1.54) is 34.9 Å². The minimum absolute atomic E-state index is 0.0708. The van der Waals surface area contributed by atoms with Crippen LogP contribution in [0.2, 0.25) is 0 Å². The predicted octanol–water partition coefficient (Wildman–Crippen LogP) is 5.18. The summed E-state index contributed by atoms with van der Waals surface area (Å²) in [5.41, 5.74) is -0.316. The Morgan fingerprint density at radius 1 is 0.955 bits per heavy atom. The van der Waals surface area contributed by atoms with E-state index in [9.17, 15) is 21.6 Å². The van der Waals surface area contributed by atoms with Crippen molar-refractivity contribution in [1.29, 1.82) is 0 Å². The average molecular weight is 627 g/mol. The second kappa shape index (κ2) is 11.2. The molecule has 11 nitrogen and oxygen atoms in total. The maximum absolute atomic E-state index is 14.9. The van der Waals surface area contributed by atoms with Gasteiger partial charge >= 0.3 is 6.18 Å². The molecule has 4 heterocycles. The van der Waals surface area contributed by atoms with Crippen LogP contribution in [0.3, 0.4) is 0 Å². The molecule has 3 aromatic heterocycles. The minimum Gasteiger partial charge on any atom is -0.438 e. The number of likely N-dealkylation sites (tertiary alicyclic amines) is 1. The fraction of sp³-hybridized carbons (Fsp3) is 0.310. The summed E-state index contributed by atoms with van der Waals surface area (Å²) in [5, 5.41) is 8.61. The lowest BCUT2D eigenvalue weighted by Crippen LogP contribution is -2.29. The normalized spacial score (nSPS) is 15.1. The Labute approximate surface area is 251 Å². The summed E-state index contributed by atoms with van der Waals surface area (Å²) in [4.78, 5) is 10.1. The number of anilines is 1. The number of aryl methyl sites for hydroxylation is 2. The van der Waals surface area contributed by atoms with Crippen LogP contribution in [0.25, 0.3) is 22.2 Å². The standard InChI is InChI=1S/C29H29F3N8O3S/c1-38-13-11-19(12-14-38)18-7-9-21(10-8-18)43-27-24(29(30,31)32)25(23-6-4-5-20-15-34-40(3)26(20)23)35-28(36-27)37-44(41,42)22-16-33-39(2)17-22/h4-10,15-17,19H,11-14H2,1-3H3,(H,35,36,37). The van der Waals surface area contributed by atoms with Crippen molar-refractivity contribution >= 4 is 26.9 Å². The Morgan fingerprint density at radius 3 is 2.34 bits per heavy atom. The molecule has 1 saturated heterocycles. The lowest BCUT2D eigenvalue weighted by atomic mass is 9.90. The maximum Gasteiger partial charge on any atom is 0.423 e. The number of ether oxygens (including phenoxy) is 1. The number of rotatable bonds is 7. The molecule has 44 heavy (non-hydrogen) atoms. The molecule has 5 aromatic rings. The van der Waals surface area contributed by atoms with Crippen LogP contribution in [-0.4, -0.2) is 63.0 Å². The molecule has 2 aromatic carbocycles. The van der Waals surface area contributed by atoms with Gasteiger partial charge in [0.05, 0.1) is 23.6 Å². The Hall–Kier alpha value is -4.50. The van der Waals surface area contributed by atoms with Crippen LogP contribution in [0, 0.1) is 0 Å². The zero-order valence-electron chi connectivity index (χ0n) is 24.1. The van der Waals surface area contributed by atoms with E-state index >= 15 is 0 Å². The summed E-state index contributed by atoms with van der Waals surface area (Å²) >= 11 is 0. The van der Waals surface area contributed by atoms with Gasteiger partial charge in [0.15, 0.2) is 0 Å². The largest absolute Gasteiger partial charge is 0.438 e. The molecule has 1 aliphatic heterocycles. The number of sulfonamides is 1. The highest BCUT2D eigenvalue weighted by molar-refractivity contribution is 7.92. The van der Waals surface area contributed by atoms with Gasteiger partial charge in [-0.05, 0) is 56.6 Å². The number of hydrogen-bond acceptors (Lipinski definition) is 8. The first-order chi connectivity index (χ1) is 20.9. The molecule has 1 aliphatic rings. The third kappa shape index (κ3) is 5.84. The van der Waals surface area contributed by atoms with Crippen LogP contribution in [0.4, 0.5) is 19.1 Å². The number of benzene rings is 2. The molecule has 0 atom stereocenters. The molecule has 6 rings (SSSR count). The molecule has 1 N–H and O–H groups in total. The zero-order valence-corrected chi connectivity index (χ0v) is 24.9. The highest BCUT2D eigenvalue weighted by atomic mass is 32.2. The number of nitrogens with zero attached hydrogens (tertiary/aromatic N) is 7. The predicted molar refractivity (Wildman–Crippen MR) is 157 cm³/mol. The third-order valence-electron chi connectivity index (χ3n) is 7.68. The molecular formula is C29H29F3N8O3S. The quantitative estimate of drug-likeness (QED) is 0.262. The Balaban J connectivity index is 1.47. The van der Waals surface area contributed by atoms with Gasteiger partial charge in [-0.15, -0.1) is 0 Å². The van der Waals surface area contributed by atoms with E-state index in [2.05, 4.69) is 36.8 Å². The van der Waals surface area contributed by atoms with Gasteiger partial charge in [0.2, 0.25) is 11.8 Å². The molecule has 0 bridgehead atoms. The van der Waals surface area contributed by atoms with Crippen LogP contribution >= 0.6 is 0 Å². The number of piperidine rings is 1. The molecule has 0 unspecified atom stereocenters. The second-order valence-electron chi connectivity index (χ2n) is 10.8. The number of hydrogen-bond donors (Lipinski definition) is 1. The molecule has 15 heteroatoms. The first-order valence-corrected chi connectivity index (χ1v) is 15.3. The number of halogens is 3. The van der Waals surface area contributed by atoms with E-state index < -0.39 is 39.3 Å². The summed E-state index contributed by atoms with van der Waals surface area (Å²) in [6.07, 6.45) is 0.845. The molecule has 0 radical (unpaired) electrons. The number of para-hydroxylation sites is 1. The van der Waals surface area contributed by atoms with Crippen LogP contribution < -0.4 is 9.46 Å². The van der Waals surface area contributed by atoms with E-state index in [4.69, 9.17) is 4.74 Å². The lowest BCUT2D eigenvalue weighted by molar-refractivity contribution is -0.138. The van der Waals surface area contributed by atoms with E-state index in [1.807, 2.05) is 12.1 Å². The number of alkyl halides is 3. The van der Waals surface area contributed by atoms with Gasteiger partial charge in [0.1, 0.15) is 16.2 Å². The van der Waals surface area contributed by atoms with Crippen molar-refractivity contribution in [1.82, 2.24) is 34.4 Å². The Morgan fingerprint density at radius 2 is 1.68 bits per heavy atom. The number of fused-ring (bicyclic) bond motifs is 1. The summed E-state index contributed by atoms with van der Waals surface area (Å²) in [7, 11) is 0.888. The molecule has 0 spiro atoms. The van der Waals surface area contributed by atoms with Crippen molar-refractivity contribution < 1.29 is 26.3 Å². The molecular weight excluding hydrogens is 597 g/mol. The van der Waals surface area contributed by atoms with Gasteiger partial charge in [0, 0.05) is 31.2 Å². The molecule has 0 saturated carbocycles. The summed E-state index contributed by atoms with van der Waals surface area (Å²) in [6.45, 7) is 1.92. The first-order valence-electron chi connectivity index (χ1n) is 13.8. The van der Waals surface area contributed by atoms with Gasteiger partial charge in [-0.2, -0.15) is 28.4 Å². The molecule has 0 amide bonds. The Bertz CT molecular complexity index is 1930. The average Bonchev–Trinajstić information content (AvgIpc) is 3.59. The minimum atomic E-state index is -4.97. The van der Waals surface area contributed by atoms with Crippen molar-refractivity contribution in [3.63, 3.8) is 0 Å². The van der Waals surface area contributed by atoms with Crippen LogP contribution in [0.5, 0.6) is 11.6 Å². The smallest absolute Gasteiger partial charge is 0.423 e. The fourth-order valence-corrected chi connectivity index (χ4v) is 6.34. The molecule has 1 fully saturated rings. The highest BCUT2D eigenvalue weighted by Gasteiger charge is 2.41. The van der Waals surface area contributed by atoms with Gasteiger partial charge < -0.3 is 9.64 Å². The van der Waals surface area contributed by atoms with Crippen LogP contribution in [0.15, 0.2) is 66.0 Å². The topological polar surface area (TPSA) is 120 Å².